The molecule has 2 aromatic carbocycles. The van der Waals surface area contributed by atoms with Gasteiger partial charge in [0.2, 0.25) is 0 Å². The Morgan fingerprint density at radius 1 is 1.11 bits per heavy atom. The number of benzene rings is 2. The number of nitrogen functional groups attached to an aromatic ring is 1. The Bertz CT molecular complexity index is 555. The number of anilines is 1. The van der Waals surface area contributed by atoms with Crippen LogP contribution in [0.25, 0.3) is 0 Å². The summed E-state index contributed by atoms with van der Waals surface area (Å²) in [6.45, 7) is 0.169. The first kappa shape index (κ1) is 13.0. The van der Waals surface area contributed by atoms with Crippen molar-refractivity contribution in [1.82, 2.24) is 0 Å². The van der Waals surface area contributed by atoms with Crippen molar-refractivity contribution in [3.05, 3.63) is 57.8 Å². The Hall–Kier alpha value is -1.45. The Kier molecular flexibility index (Phi) is 3.94. The van der Waals surface area contributed by atoms with E-state index in [1.165, 1.54) is 12.1 Å². The summed E-state index contributed by atoms with van der Waals surface area (Å²) >= 11 is 11.5. The largest absolute Gasteiger partial charge is 0.485 e. The molecule has 0 saturated heterocycles. The van der Waals surface area contributed by atoms with Crippen molar-refractivity contribution in [2.75, 3.05) is 5.73 Å². The van der Waals surface area contributed by atoms with Crippen LogP contribution in [0.5, 0.6) is 5.75 Å². The Morgan fingerprint density at radius 3 is 2.56 bits per heavy atom. The quantitative estimate of drug-likeness (QED) is 0.854. The maximum Gasteiger partial charge on any atom is 0.161 e. The van der Waals surface area contributed by atoms with Gasteiger partial charge in [0.05, 0.1) is 15.7 Å². The highest BCUT2D eigenvalue weighted by Crippen LogP contribution is 2.31. The van der Waals surface area contributed by atoms with Gasteiger partial charge in [-0.3, -0.25) is 0 Å². The van der Waals surface area contributed by atoms with E-state index in [0.29, 0.717) is 22.0 Å². The van der Waals surface area contributed by atoms with E-state index in [-0.39, 0.29) is 11.6 Å². The SMILES string of the molecule is Nc1cccc(Cl)c1OCc1ccc(Cl)c(F)c1. The normalized spacial score (nSPS) is 10.4. The van der Waals surface area contributed by atoms with E-state index >= 15 is 0 Å². The minimum atomic E-state index is -0.482. The predicted molar refractivity (Wildman–Crippen MR) is 71.6 cm³/mol. The van der Waals surface area contributed by atoms with Gasteiger partial charge in [-0.05, 0) is 29.8 Å². The van der Waals surface area contributed by atoms with E-state index in [2.05, 4.69) is 0 Å². The standard InChI is InChI=1S/C13H10Cl2FNO/c14-9-5-4-8(6-11(9)16)7-18-13-10(15)2-1-3-12(13)17/h1-6H,7,17H2. The van der Waals surface area contributed by atoms with Crippen molar-refractivity contribution in [2.24, 2.45) is 0 Å². The third-order valence-electron chi connectivity index (χ3n) is 2.36. The first-order valence-corrected chi connectivity index (χ1v) is 5.94. The molecular weight excluding hydrogens is 276 g/mol. The predicted octanol–water partition coefficient (Wildman–Crippen LogP) is 4.29. The van der Waals surface area contributed by atoms with Crippen LogP contribution in [0.1, 0.15) is 5.56 Å². The lowest BCUT2D eigenvalue weighted by Crippen LogP contribution is -1.99. The molecule has 2 N–H and O–H groups in total. The van der Waals surface area contributed by atoms with Crippen molar-refractivity contribution in [3.63, 3.8) is 0 Å². The van der Waals surface area contributed by atoms with Crippen LogP contribution in [0.3, 0.4) is 0 Å². The Morgan fingerprint density at radius 2 is 1.89 bits per heavy atom. The second kappa shape index (κ2) is 5.46. The first-order valence-electron chi connectivity index (χ1n) is 5.18. The molecule has 2 aromatic rings. The van der Waals surface area contributed by atoms with E-state index in [1.807, 2.05) is 0 Å². The summed E-state index contributed by atoms with van der Waals surface area (Å²) in [5, 5.41) is 0.500. The number of nitrogens with two attached hydrogens (primary N) is 1. The maximum atomic E-state index is 13.2. The van der Waals surface area contributed by atoms with Gasteiger partial charge < -0.3 is 10.5 Å². The summed E-state index contributed by atoms with van der Waals surface area (Å²) < 4.78 is 18.7. The van der Waals surface area contributed by atoms with Gasteiger partial charge in [0.25, 0.3) is 0 Å². The van der Waals surface area contributed by atoms with E-state index in [0.717, 1.165) is 0 Å². The van der Waals surface area contributed by atoms with Gasteiger partial charge in [0, 0.05) is 0 Å². The Balaban J connectivity index is 2.14. The molecule has 0 aliphatic carbocycles. The van der Waals surface area contributed by atoms with E-state index in [1.54, 1.807) is 24.3 Å². The topological polar surface area (TPSA) is 35.2 Å². The van der Waals surface area contributed by atoms with Crippen LogP contribution in [0.2, 0.25) is 10.0 Å². The lowest BCUT2D eigenvalue weighted by Gasteiger charge is -2.10. The van der Waals surface area contributed by atoms with Crippen LogP contribution < -0.4 is 10.5 Å². The fourth-order valence-electron chi connectivity index (χ4n) is 1.46. The zero-order valence-electron chi connectivity index (χ0n) is 9.29. The lowest BCUT2D eigenvalue weighted by atomic mass is 10.2. The fourth-order valence-corrected chi connectivity index (χ4v) is 1.82. The number of hydrogen-bond acceptors (Lipinski definition) is 2. The molecule has 2 nitrogen and oxygen atoms in total. The van der Waals surface area contributed by atoms with Crippen LogP contribution in [0.4, 0.5) is 10.1 Å². The van der Waals surface area contributed by atoms with Crippen LogP contribution in [-0.2, 0) is 6.61 Å². The number of ether oxygens (including phenoxy) is 1. The minimum Gasteiger partial charge on any atom is -0.485 e. The van der Waals surface area contributed by atoms with Crippen molar-refractivity contribution in [2.45, 2.75) is 6.61 Å². The van der Waals surface area contributed by atoms with Gasteiger partial charge >= 0.3 is 0 Å². The summed E-state index contributed by atoms with van der Waals surface area (Å²) in [5.41, 5.74) is 6.83. The highest BCUT2D eigenvalue weighted by Gasteiger charge is 2.07. The molecule has 0 bridgehead atoms. The fraction of sp³-hybridized carbons (Fsp3) is 0.0769. The molecule has 0 radical (unpaired) electrons. The van der Waals surface area contributed by atoms with Gasteiger partial charge in [0.15, 0.2) is 5.75 Å². The summed E-state index contributed by atoms with van der Waals surface area (Å²) in [4.78, 5) is 0. The second-order valence-corrected chi connectivity index (χ2v) is 4.51. The van der Waals surface area contributed by atoms with Gasteiger partial charge in [-0.25, -0.2) is 4.39 Å². The monoisotopic (exact) mass is 285 g/mol. The summed E-state index contributed by atoms with van der Waals surface area (Å²) in [5.74, 6) is -0.0839. The van der Waals surface area contributed by atoms with Gasteiger partial charge in [-0.15, -0.1) is 0 Å². The molecule has 2 rings (SSSR count). The summed E-state index contributed by atoms with van der Waals surface area (Å²) in [6, 6.07) is 9.56. The molecular formula is C13H10Cl2FNO. The molecule has 0 aromatic heterocycles. The Labute approximate surface area is 114 Å². The molecule has 18 heavy (non-hydrogen) atoms. The summed E-state index contributed by atoms with van der Waals surface area (Å²) in [6.07, 6.45) is 0. The van der Waals surface area contributed by atoms with Gasteiger partial charge in [-0.2, -0.15) is 0 Å². The number of rotatable bonds is 3. The minimum absolute atomic E-state index is 0.0796. The second-order valence-electron chi connectivity index (χ2n) is 3.70. The van der Waals surface area contributed by atoms with Crippen LogP contribution >= 0.6 is 23.2 Å². The van der Waals surface area contributed by atoms with Gasteiger partial charge in [-0.1, -0.05) is 35.3 Å². The van der Waals surface area contributed by atoms with Gasteiger partial charge in [0.1, 0.15) is 12.4 Å². The number of hydrogen-bond donors (Lipinski definition) is 1. The third-order valence-corrected chi connectivity index (χ3v) is 2.97. The molecule has 0 spiro atoms. The van der Waals surface area contributed by atoms with Crippen molar-refractivity contribution in [3.8, 4) is 5.75 Å². The molecule has 0 unspecified atom stereocenters. The van der Waals surface area contributed by atoms with Crippen molar-refractivity contribution in [1.29, 1.82) is 0 Å². The third kappa shape index (κ3) is 2.86. The molecule has 0 aliphatic heterocycles. The zero-order chi connectivity index (χ0) is 13.1. The van der Waals surface area contributed by atoms with Crippen LogP contribution in [-0.4, -0.2) is 0 Å². The van der Waals surface area contributed by atoms with Crippen LogP contribution in [0.15, 0.2) is 36.4 Å². The molecule has 0 aliphatic rings. The molecule has 0 saturated carbocycles. The highest BCUT2D eigenvalue weighted by atomic mass is 35.5. The highest BCUT2D eigenvalue weighted by molar-refractivity contribution is 6.32. The zero-order valence-corrected chi connectivity index (χ0v) is 10.8. The smallest absolute Gasteiger partial charge is 0.161 e. The average Bonchev–Trinajstić information content (AvgIpc) is 2.33. The van der Waals surface area contributed by atoms with Crippen molar-refractivity contribution < 1.29 is 9.13 Å². The first-order chi connectivity index (χ1) is 8.58. The summed E-state index contributed by atoms with van der Waals surface area (Å²) in [7, 11) is 0. The number of para-hydroxylation sites is 1. The lowest BCUT2D eigenvalue weighted by molar-refractivity contribution is 0.307. The van der Waals surface area contributed by atoms with Crippen LogP contribution in [0, 0.1) is 5.82 Å². The molecule has 0 heterocycles. The molecule has 0 amide bonds. The number of halogens is 3. The maximum absolute atomic E-state index is 13.2. The molecule has 0 fully saturated rings. The van der Waals surface area contributed by atoms with E-state index < -0.39 is 5.82 Å². The molecule has 94 valence electrons. The molecule has 0 atom stereocenters. The van der Waals surface area contributed by atoms with E-state index in [9.17, 15) is 4.39 Å². The molecule has 5 heteroatoms. The average molecular weight is 286 g/mol. The van der Waals surface area contributed by atoms with E-state index in [4.69, 9.17) is 33.7 Å². The van der Waals surface area contributed by atoms with Crippen molar-refractivity contribution >= 4 is 28.9 Å².